The van der Waals surface area contributed by atoms with E-state index in [1.54, 1.807) is 11.3 Å². The number of carbonyl (C=O) groups is 2. The molecule has 0 saturated carbocycles. The molecule has 2 atom stereocenters. The summed E-state index contributed by atoms with van der Waals surface area (Å²) in [5.41, 5.74) is -0.232. The average molecular weight is 418 g/mol. The second kappa shape index (κ2) is 10.3. The first-order chi connectivity index (χ1) is 12.2. The van der Waals surface area contributed by atoms with Crippen LogP contribution in [0.1, 0.15) is 52.0 Å². The second-order valence-corrected chi connectivity index (χ2v) is 8.92. The van der Waals surface area contributed by atoms with Crippen LogP contribution in [-0.4, -0.2) is 48.5 Å². The van der Waals surface area contributed by atoms with E-state index in [1.165, 1.54) is 0 Å². The maximum absolute atomic E-state index is 12.6. The molecular formula is C19H32ClN3O3S. The number of hydrogen-bond acceptors (Lipinski definition) is 5. The van der Waals surface area contributed by atoms with Crippen molar-refractivity contribution in [3.8, 4) is 5.06 Å². The van der Waals surface area contributed by atoms with E-state index < -0.39 is 0 Å². The number of likely N-dealkylation sites (tertiary alicyclic amines) is 1. The molecule has 1 aliphatic heterocycles. The Morgan fingerprint density at radius 3 is 2.70 bits per heavy atom. The summed E-state index contributed by atoms with van der Waals surface area (Å²) in [6.45, 7) is 12.2. The molecule has 1 aromatic heterocycles. The Hall–Kier alpha value is -1.31. The molecule has 0 radical (unpaired) electrons. The van der Waals surface area contributed by atoms with Gasteiger partial charge in [0.05, 0.1) is 25.1 Å². The van der Waals surface area contributed by atoms with E-state index in [4.69, 9.17) is 4.74 Å². The van der Waals surface area contributed by atoms with Gasteiger partial charge in [0.25, 0.3) is 0 Å². The van der Waals surface area contributed by atoms with Crippen molar-refractivity contribution in [3.05, 3.63) is 17.0 Å². The molecular weight excluding hydrogens is 386 g/mol. The van der Waals surface area contributed by atoms with Crippen molar-refractivity contribution in [2.75, 3.05) is 26.2 Å². The van der Waals surface area contributed by atoms with E-state index in [-0.39, 0.29) is 41.7 Å². The molecule has 0 bridgehead atoms. The number of hydrogen-bond donors (Lipinski definition) is 2. The molecule has 2 amide bonds. The number of halogens is 1. The smallest absolute Gasteiger partial charge is 0.234 e. The largest absolute Gasteiger partial charge is 0.484 e. The fourth-order valence-corrected chi connectivity index (χ4v) is 3.96. The fourth-order valence-electron chi connectivity index (χ4n) is 3.04. The molecule has 1 aromatic rings. The summed E-state index contributed by atoms with van der Waals surface area (Å²) in [5, 5.41) is 6.93. The lowest BCUT2D eigenvalue weighted by molar-refractivity contribution is -0.126. The molecule has 2 N–H and O–H groups in total. The predicted molar refractivity (Wildman–Crippen MR) is 112 cm³/mol. The maximum atomic E-state index is 12.6. The zero-order chi connectivity index (χ0) is 19.3. The van der Waals surface area contributed by atoms with E-state index in [9.17, 15) is 9.59 Å². The van der Waals surface area contributed by atoms with Gasteiger partial charge in [-0.25, -0.2) is 0 Å². The fraction of sp³-hybridized carbons (Fsp3) is 0.684. The highest BCUT2D eigenvalue weighted by atomic mass is 35.5. The standard InChI is InChI=1S/C19H31N3O3S.ClH/c1-6-25-17-8-7-15(26-17)13(2)20-18(24)14-9-10-22(11-14)12-16(23)21-19(3,4)5;/h7-8,13-14H,6,9-12H2,1-5H3,(H,20,24)(H,21,23);1H/t13-,14-;/m1./s1. The third-order valence-electron chi connectivity index (χ3n) is 4.20. The third kappa shape index (κ3) is 7.68. The van der Waals surface area contributed by atoms with Gasteiger partial charge in [-0.15, -0.1) is 23.7 Å². The van der Waals surface area contributed by atoms with Crippen LogP contribution in [-0.2, 0) is 9.59 Å². The van der Waals surface area contributed by atoms with E-state index in [1.807, 2.05) is 51.7 Å². The van der Waals surface area contributed by atoms with Crippen molar-refractivity contribution in [1.82, 2.24) is 15.5 Å². The molecule has 1 saturated heterocycles. The van der Waals surface area contributed by atoms with Gasteiger partial charge >= 0.3 is 0 Å². The molecule has 1 aliphatic rings. The minimum Gasteiger partial charge on any atom is -0.484 e. The maximum Gasteiger partial charge on any atom is 0.234 e. The first kappa shape index (κ1) is 23.7. The summed E-state index contributed by atoms with van der Waals surface area (Å²) in [6.07, 6.45) is 0.788. The number of rotatable bonds is 7. The van der Waals surface area contributed by atoms with Gasteiger partial charge in [0.15, 0.2) is 5.06 Å². The summed E-state index contributed by atoms with van der Waals surface area (Å²) in [5.74, 6) is 0.00256. The van der Waals surface area contributed by atoms with Gasteiger partial charge in [-0.1, -0.05) is 0 Å². The van der Waals surface area contributed by atoms with E-state index in [0.29, 0.717) is 19.7 Å². The molecule has 2 heterocycles. The molecule has 0 spiro atoms. The molecule has 27 heavy (non-hydrogen) atoms. The van der Waals surface area contributed by atoms with Gasteiger partial charge in [0, 0.05) is 17.0 Å². The molecule has 2 rings (SSSR count). The van der Waals surface area contributed by atoms with Crippen LogP contribution in [0.4, 0.5) is 0 Å². The summed E-state index contributed by atoms with van der Waals surface area (Å²) in [6, 6.07) is 3.90. The Balaban J connectivity index is 0.00000364. The highest BCUT2D eigenvalue weighted by Gasteiger charge is 2.30. The van der Waals surface area contributed by atoms with Crippen molar-refractivity contribution < 1.29 is 14.3 Å². The van der Waals surface area contributed by atoms with Crippen LogP contribution < -0.4 is 15.4 Å². The van der Waals surface area contributed by atoms with Gasteiger partial charge in [-0.2, -0.15) is 0 Å². The molecule has 154 valence electrons. The minimum atomic E-state index is -0.232. The minimum absolute atomic E-state index is 0. The van der Waals surface area contributed by atoms with Gasteiger partial charge in [-0.05, 0) is 59.7 Å². The van der Waals surface area contributed by atoms with Gasteiger partial charge < -0.3 is 15.4 Å². The van der Waals surface area contributed by atoms with Crippen LogP contribution in [0.15, 0.2) is 12.1 Å². The molecule has 6 nitrogen and oxygen atoms in total. The molecule has 1 fully saturated rings. The average Bonchev–Trinajstić information content (AvgIpc) is 3.15. The first-order valence-electron chi connectivity index (χ1n) is 9.24. The molecule has 0 unspecified atom stereocenters. The summed E-state index contributed by atoms with van der Waals surface area (Å²) >= 11 is 1.56. The lowest BCUT2D eigenvalue weighted by Crippen LogP contribution is -2.45. The number of carbonyl (C=O) groups excluding carboxylic acids is 2. The second-order valence-electron chi connectivity index (χ2n) is 7.84. The predicted octanol–water partition coefficient (Wildman–Crippen LogP) is 2.98. The van der Waals surface area contributed by atoms with Gasteiger partial charge in [0.1, 0.15) is 0 Å². The Bertz CT molecular complexity index is 630. The Labute approximate surface area is 172 Å². The number of amides is 2. The van der Waals surface area contributed by atoms with Crippen LogP contribution in [0, 0.1) is 5.92 Å². The van der Waals surface area contributed by atoms with Crippen molar-refractivity contribution in [2.45, 2.75) is 52.6 Å². The van der Waals surface area contributed by atoms with E-state index >= 15 is 0 Å². The van der Waals surface area contributed by atoms with Crippen molar-refractivity contribution in [3.63, 3.8) is 0 Å². The van der Waals surface area contributed by atoms with Crippen LogP contribution in [0.25, 0.3) is 0 Å². The topological polar surface area (TPSA) is 70.7 Å². The normalized spacial score (nSPS) is 18.5. The van der Waals surface area contributed by atoms with Crippen LogP contribution in [0.3, 0.4) is 0 Å². The van der Waals surface area contributed by atoms with Crippen LogP contribution in [0.5, 0.6) is 5.06 Å². The van der Waals surface area contributed by atoms with E-state index in [2.05, 4.69) is 10.6 Å². The summed E-state index contributed by atoms with van der Waals surface area (Å²) < 4.78 is 5.49. The summed E-state index contributed by atoms with van der Waals surface area (Å²) in [4.78, 5) is 27.7. The van der Waals surface area contributed by atoms with Crippen LogP contribution in [0.2, 0.25) is 0 Å². The van der Waals surface area contributed by atoms with Crippen LogP contribution >= 0.6 is 23.7 Å². The van der Waals surface area contributed by atoms with E-state index in [0.717, 1.165) is 22.9 Å². The highest BCUT2D eigenvalue weighted by molar-refractivity contribution is 7.13. The van der Waals surface area contributed by atoms with Gasteiger partial charge in [0.2, 0.25) is 11.8 Å². The van der Waals surface area contributed by atoms with Crippen molar-refractivity contribution in [1.29, 1.82) is 0 Å². The number of nitrogens with zero attached hydrogens (tertiary/aromatic N) is 1. The zero-order valence-corrected chi connectivity index (χ0v) is 18.5. The van der Waals surface area contributed by atoms with Crippen molar-refractivity contribution >= 4 is 35.6 Å². The monoisotopic (exact) mass is 417 g/mol. The number of thiophene rings is 1. The third-order valence-corrected chi connectivity index (χ3v) is 5.38. The lowest BCUT2D eigenvalue weighted by Gasteiger charge is -2.23. The number of nitrogens with one attached hydrogen (secondary N) is 2. The Morgan fingerprint density at radius 1 is 1.37 bits per heavy atom. The first-order valence-corrected chi connectivity index (χ1v) is 10.1. The molecule has 0 aromatic carbocycles. The van der Waals surface area contributed by atoms with Crippen molar-refractivity contribution in [2.24, 2.45) is 5.92 Å². The Morgan fingerprint density at radius 2 is 2.07 bits per heavy atom. The Kier molecular flexibility index (Phi) is 9.05. The quantitative estimate of drug-likeness (QED) is 0.715. The SMILES string of the molecule is CCOc1ccc([C@@H](C)NC(=O)[C@@H]2CCN(CC(=O)NC(C)(C)C)C2)s1.Cl. The highest BCUT2D eigenvalue weighted by Crippen LogP contribution is 2.29. The molecule has 8 heteroatoms. The lowest BCUT2D eigenvalue weighted by atomic mass is 10.1. The number of ether oxygens (including phenoxy) is 1. The summed E-state index contributed by atoms with van der Waals surface area (Å²) in [7, 11) is 0. The molecule has 0 aliphatic carbocycles. The zero-order valence-electron chi connectivity index (χ0n) is 16.8. The van der Waals surface area contributed by atoms with Gasteiger partial charge in [-0.3, -0.25) is 14.5 Å².